The van der Waals surface area contributed by atoms with Crippen molar-refractivity contribution in [3.8, 4) is 0 Å². The lowest BCUT2D eigenvalue weighted by Gasteiger charge is -2.38. The van der Waals surface area contributed by atoms with Crippen molar-refractivity contribution in [2.24, 2.45) is 5.92 Å². The Morgan fingerprint density at radius 3 is 2.75 bits per heavy atom. The fourth-order valence-corrected chi connectivity index (χ4v) is 3.42. The third-order valence-corrected chi connectivity index (χ3v) is 5.11. The summed E-state index contributed by atoms with van der Waals surface area (Å²) >= 11 is 2.12. The molecule has 94 valence electrons. The van der Waals surface area contributed by atoms with Gasteiger partial charge in [-0.1, -0.05) is 13.8 Å². The van der Waals surface area contributed by atoms with Gasteiger partial charge in [0.25, 0.3) is 0 Å². The molecule has 0 aromatic heterocycles. The molecule has 0 amide bonds. The summed E-state index contributed by atoms with van der Waals surface area (Å²) in [6.45, 7) is 10.9. The van der Waals surface area contributed by atoms with Crippen LogP contribution in [0.4, 0.5) is 0 Å². The first-order chi connectivity index (χ1) is 7.66. The van der Waals surface area contributed by atoms with E-state index in [2.05, 4.69) is 42.7 Å². The van der Waals surface area contributed by atoms with Gasteiger partial charge in [-0.3, -0.25) is 4.90 Å². The minimum atomic E-state index is 0.731. The van der Waals surface area contributed by atoms with Gasteiger partial charge in [-0.2, -0.15) is 11.8 Å². The molecule has 1 heterocycles. The molecule has 0 spiro atoms. The van der Waals surface area contributed by atoms with Gasteiger partial charge in [-0.25, -0.2) is 0 Å². The predicted octanol–water partition coefficient (Wildman–Crippen LogP) is 2.20. The van der Waals surface area contributed by atoms with Crippen molar-refractivity contribution in [2.45, 2.75) is 50.9 Å². The third kappa shape index (κ3) is 3.64. The molecule has 3 atom stereocenters. The van der Waals surface area contributed by atoms with Crippen LogP contribution in [0.5, 0.6) is 0 Å². The Kier molecular flexibility index (Phi) is 4.57. The standard InChI is InChI=1S/C13H26N2S/c1-10(8-14-13-4-5-13)12(3)15-6-7-16-11(2)9-15/h10-14H,4-9H2,1-3H3. The molecule has 0 aromatic carbocycles. The van der Waals surface area contributed by atoms with Gasteiger partial charge in [0.1, 0.15) is 0 Å². The van der Waals surface area contributed by atoms with E-state index in [4.69, 9.17) is 0 Å². The van der Waals surface area contributed by atoms with Gasteiger partial charge in [0, 0.05) is 36.2 Å². The van der Waals surface area contributed by atoms with Crippen LogP contribution in [0, 0.1) is 5.92 Å². The highest BCUT2D eigenvalue weighted by molar-refractivity contribution is 7.99. The van der Waals surface area contributed by atoms with Gasteiger partial charge < -0.3 is 5.32 Å². The number of hydrogen-bond acceptors (Lipinski definition) is 3. The van der Waals surface area contributed by atoms with E-state index in [-0.39, 0.29) is 0 Å². The second kappa shape index (κ2) is 5.74. The van der Waals surface area contributed by atoms with Crippen LogP contribution in [0.1, 0.15) is 33.6 Å². The van der Waals surface area contributed by atoms with E-state index in [1.165, 1.54) is 38.2 Å². The van der Waals surface area contributed by atoms with E-state index in [9.17, 15) is 0 Å². The lowest BCUT2D eigenvalue weighted by Crippen LogP contribution is -2.47. The lowest BCUT2D eigenvalue weighted by molar-refractivity contribution is 0.166. The summed E-state index contributed by atoms with van der Waals surface area (Å²) in [5.74, 6) is 2.09. The molecule has 2 nitrogen and oxygen atoms in total. The van der Waals surface area contributed by atoms with Crippen LogP contribution in [-0.2, 0) is 0 Å². The number of nitrogens with zero attached hydrogens (tertiary/aromatic N) is 1. The largest absolute Gasteiger partial charge is 0.314 e. The summed E-state index contributed by atoms with van der Waals surface area (Å²) in [4.78, 5) is 2.68. The fraction of sp³-hybridized carbons (Fsp3) is 1.00. The summed E-state index contributed by atoms with van der Waals surface area (Å²) < 4.78 is 0. The summed E-state index contributed by atoms with van der Waals surface area (Å²) in [5, 5.41) is 4.47. The molecule has 2 aliphatic rings. The predicted molar refractivity (Wildman–Crippen MR) is 73.1 cm³/mol. The first kappa shape index (κ1) is 12.7. The summed E-state index contributed by atoms with van der Waals surface area (Å²) in [6, 6.07) is 1.58. The molecule has 0 aromatic rings. The molecule has 3 unspecified atom stereocenters. The number of thioether (sulfide) groups is 1. The zero-order valence-corrected chi connectivity index (χ0v) is 11.7. The molecule has 3 heteroatoms. The minimum absolute atomic E-state index is 0.731. The van der Waals surface area contributed by atoms with E-state index in [1.54, 1.807) is 0 Å². The molecular formula is C13H26N2S. The summed E-state index contributed by atoms with van der Waals surface area (Å²) in [6.07, 6.45) is 2.80. The molecular weight excluding hydrogens is 216 g/mol. The van der Waals surface area contributed by atoms with Crippen LogP contribution in [0.2, 0.25) is 0 Å². The maximum absolute atomic E-state index is 3.66. The van der Waals surface area contributed by atoms with Gasteiger partial charge in [0.05, 0.1) is 0 Å². The Morgan fingerprint density at radius 1 is 1.38 bits per heavy atom. The molecule has 1 aliphatic heterocycles. The maximum atomic E-state index is 3.66. The van der Waals surface area contributed by atoms with Gasteiger partial charge in [0.15, 0.2) is 0 Å². The number of rotatable bonds is 5. The van der Waals surface area contributed by atoms with E-state index in [0.29, 0.717) is 0 Å². The first-order valence-corrected chi connectivity index (χ1v) is 7.80. The molecule has 0 bridgehead atoms. The van der Waals surface area contributed by atoms with Crippen molar-refractivity contribution in [3.05, 3.63) is 0 Å². The van der Waals surface area contributed by atoms with Crippen molar-refractivity contribution in [1.82, 2.24) is 10.2 Å². The van der Waals surface area contributed by atoms with Crippen LogP contribution in [0.3, 0.4) is 0 Å². The molecule has 2 fully saturated rings. The van der Waals surface area contributed by atoms with Crippen molar-refractivity contribution in [3.63, 3.8) is 0 Å². The van der Waals surface area contributed by atoms with Crippen LogP contribution in [0.15, 0.2) is 0 Å². The Hall–Kier alpha value is 0.270. The van der Waals surface area contributed by atoms with Crippen molar-refractivity contribution < 1.29 is 0 Å². The van der Waals surface area contributed by atoms with Gasteiger partial charge in [-0.15, -0.1) is 0 Å². The zero-order chi connectivity index (χ0) is 11.5. The highest BCUT2D eigenvalue weighted by Gasteiger charge is 2.26. The average Bonchev–Trinajstić information content (AvgIpc) is 3.08. The van der Waals surface area contributed by atoms with Crippen LogP contribution in [-0.4, -0.2) is 47.6 Å². The lowest BCUT2D eigenvalue weighted by atomic mass is 10.0. The van der Waals surface area contributed by atoms with Crippen LogP contribution >= 0.6 is 11.8 Å². The Morgan fingerprint density at radius 2 is 2.12 bits per heavy atom. The van der Waals surface area contributed by atoms with Crippen molar-refractivity contribution in [2.75, 3.05) is 25.4 Å². The normalized spacial score (nSPS) is 31.3. The molecule has 1 aliphatic carbocycles. The Balaban J connectivity index is 1.72. The second-order valence-electron chi connectivity index (χ2n) is 5.58. The molecule has 0 radical (unpaired) electrons. The minimum Gasteiger partial charge on any atom is -0.314 e. The fourth-order valence-electron chi connectivity index (χ4n) is 2.39. The van der Waals surface area contributed by atoms with Crippen LogP contribution in [0.25, 0.3) is 0 Å². The Labute approximate surface area is 105 Å². The average molecular weight is 242 g/mol. The topological polar surface area (TPSA) is 15.3 Å². The first-order valence-electron chi connectivity index (χ1n) is 6.76. The number of nitrogens with one attached hydrogen (secondary N) is 1. The summed E-state index contributed by atoms with van der Waals surface area (Å²) in [7, 11) is 0. The third-order valence-electron chi connectivity index (χ3n) is 3.98. The van der Waals surface area contributed by atoms with Crippen molar-refractivity contribution in [1.29, 1.82) is 0 Å². The molecule has 1 N–H and O–H groups in total. The molecule has 16 heavy (non-hydrogen) atoms. The van der Waals surface area contributed by atoms with Gasteiger partial charge in [0.2, 0.25) is 0 Å². The van der Waals surface area contributed by atoms with Gasteiger partial charge in [-0.05, 0) is 32.2 Å². The van der Waals surface area contributed by atoms with E-state index in [1.807, 2.05) is 0 Å². The van der Waals surface area contributed by atoms with E-state index < -0.39 is 0 Å². The smallest absolute Gasteiger partial charge is 0.0147 e. The summed E-state index contributed by atoms with van der Waals surface area (Å²) in [5.41, 5.74) is 0. The molecule has 1 saturated carbocycles. The highest BCUT2D eigenvalue weighted by Crippen LogP contribution is 2.23. The quantitative estimate of drug-likeness (QED) is 0.796. The SMILES string of the molecule is CC1CN(C(C)C(C)CNC2CC2)CCS1. The van der Waals surface area contributed by atoms with Crippen molar-refractivity contribution >= 4 is 11.8 Å². The van der Waals surface area contributed by atoms with E-state index in [0.717, 1.165) is 23.3 Å². The highest BCUT2D eigenvalue weighted by atomic mass is 32.2. The Bertz CT molecular complexity index is 218. The molecule has 1 saturated heterocycles. The molecule has 2 rings (SSSR count). The second-order valence-corrected chi connectivity index (χ2v) is 7.12. The van der Waals surface area contributed by atoms with E-state index >= 15 is 0 Å². The number of hydrogen-bond donors (Lipinski definition) is 1. The van der Waals surface area contributed by atoms with Crippen LogP contribution < -0.4 is 5.32 Å². The monoisotopic (exact) mass is 242 g/mol. The maximum Gasteiger partial charge on any atom is 0.0147 e. The zero-order valence-electron chi connectivity index (χ0n) is 10.9. The van der Waals surface area contributed by atoms with Gasteiger partial charge >= 0.3 is 0 Å².